The van der Waals surface area contributed by atoms with Crippen LogP contribution in [0.25, 0.3) is 0 Å². The van der Waals surface area contributed by atoms with Crippen molar-refractivity contribution in [2.24, 2.45) is 0 Å². The van der Waals surface area contributed by atoms with Crippen molar-refractivity contribution in [2.45, 2.75) is 12.7 Å². The SMILES string of the molecule is O=C(OC(F)F)OC(F)(F)CF. The summed E-state index contributed by atoms with van der Waals surface area (Å²) in [6.45, 7) is -5.88. The largest absolute Gasteiger partial charge is 0.517 e. The number of hydrogen-bond acceptors (Lipinski definition) is 3. The maximum absolute atomic E-state index is 11.7. The minimum absolute atomic E-state index is 2.30. The van der Waals surface area contributed by atoms with E-state index in [-0.39, 0.29) is 0 Å². The predicted octanol–water partition coefficient (Wildman–Crippen LogP) is 1.92. The highest BCUT2D eigenvalue weighted by Crippen LogP contribution is 2.17. The Morgan fingerprint density at radius 3 is 2.25 bits per heavy atom. The smallest absolute Gasteiger partial charge is 0.370 e. The van der Waals surface area contributed by atoms with Crippen LogP contribution < -0.4 is 0 Å². The van der Waals surface area contributed by atoms with E-state index in [0.29, 0.717) is 0 Å². The van der Waals surface area contributed by atoms with E-state index in [1.54, 1.807) is 0 Å². The summed E-state index contributed by atoms with van der Waals surface area (Å²) in [6, 6.07) is 0. The quantitative estimate of drug-likeness (QED) is 0.508. The molecule has 0 heterocycles. The average molecular weight is 194 g/mol. The summed E-state index contributed by atoms with van der Waals surface area (Å²) < 4.78 is 62.5. The fourth-order valence-electron chi connectivity index (χ4n) is 0.246. The van der Waals surface area contributed by atoms with Gasteiger partial charge >= 0.3 is 18.9 Å². The van der Waals surface area contributed by atoms with Gasteiger partial charge in [0.1, 0.15) is 0 Å². The Bertz CT molecular complexity index is 159. The monoisotopic (exact) mass is 194 g/mol. The summed E-state index contributed by atoms with van der Waals surface area (Å²) in [5, 5.41) is 0. The highest BCUT2D eigenvalue weighted by atomic mass is 19.3. The van der Waals surface area contributed by atoms with Crippen LogP contribution in [0.3, 0.4) is 0 Å². The summed E-state index contributed by atoms with van der Waals surface area (Å²) >= 11 is 0. The van der Waals surface area contributed by atoms with Gasteiger partial charge in [-0.2, -0.15) is 17.6 Å². The Morgan fingerprint density at radius 1 is 1.42 bits per heavy atom. The van der Waals surface area contributed by atoms with E-state index in [1.807, 2.05) is 0 Å². The zero-order valence-corrected chi connectivity index (χ0v) is 5.40. The van der Waals surface area contributed by atoms with Crippen LogP contribution in [-0.4, -0.2) is 25.6 Å². The Morgan fingerprint density at radius 2 is 1.92 bits per heavy atom. The van der Waals surface area contributed by atoms with Gasteiger partial charge in [0.2, 0.25) is 0 Å². The third-order valence-corrected chi connectivity index (χ3v) is 0.574. The highest BCUT2D eigenvalue weighted by Gasteiger charge is 2.35. The fraction of sp³-hybridized carbons (Fsp3) is 0.750. The van der Waals surface area contributed by atoms with Crippen LogP contribution in [0, 0.1) is 0 Å². The number of carbonyl (C=O) groups is 1. The molecule has 0 saturated carbocycles. The normalized spacial score (nSPS) is 11.5. The molecule has 3 nitrogen and oxygen atoms in total. The lowest BCUT2D eigenvalue weighted by molar-refractivity contribution is -0.232. The zero-order chi connectivity index (χ0) is 9.78. The molecule has 0 aromatic heterocycles. The lowest BCUT2D eigenvalue weighted by Gasteiger charge is -2.11. The minimum atomic E-state index is -4.42. The predicted molar refractivity (Wildman–Crippen MR) is 24.5 cm³/mol. The van der Waals surface area contributed by atoms with Gasteiger partial charge in [0.25, 0.3) is 0 Å². The molecule has 8 heteroatoms. The first kappa shape index (κ1) is 10.9. The summed E-state index contributed by atoms with van der Waals surface area (Å²) in [5.41, 5.74) is 0. The third-order valence-electron chi connectivity index (χ3n) is 0.574. The molecule has 0 N–H and O–H groups in total. The van der Waals surface area contributed by atoms with Gasteiger partial charge in [0.15, 0.2) is 6.67 Å². The first-order chi connectivity index (χ1) is 5.37. The van der Waals surface area contributed by atoms with Crippen molar-refractivity contribution in [3.05, 3.63) is 0 Å². The Hall–Kier alpha value is -1.08. The maximum atomic E-state index is 11.7. The van der Waals surface area contributed by atoms with Gasteiger partial charge in [0.05, 0.1) is 0 Å². The van der Waals surface area contributed by atoms with Crippen molar-refractivity contribution < 1.29 is 36.2 Å². The Kier molecular flexibility index (Phi) is 3.71. The molecule has 0 amide bonds. The van der Waals surface area contributed by atoms with E-state index in [1.165, 1.54) is 0 Å². The Balaban J connectivity index is 3.84. The van der Waals surface area contributed by atoms with E-state index >= 15 is 0 Å². The molecule has 0 bridgehead atoms. The molecule has 0 spiro atoms. The summed E-state index contributed by atoms with van der Waals surface area (Å²) in [4.78, 5) is 9.86. The van der Waals surface area contributed by atoms with Gasteiger partial charge in [-0.1, -0.05) is 0 Å². The van der Waals surface area contributed by atoms with Gasteiger partial charge in [-0.3, -0.25) is 0 Å². The van der Waals surface area contributed by atoms with Crippen molar-refractivity contribution >= 4 is 6.16 Å². The van der Waals surface area contributed by atoms with E-state index in [9.17, 15) is 26.7 Å². The first-order valence-electron chi connectivity index (χ1n) is 2.49. The van der Waals surface area contributed by atoms with Crippen LogP contribution >= 0.6 is 0 Å². The maximum Gasteiger partial charge on any atom is 0.517 e. The topological polar surface area (TPSA) is 35.5 Å². The number of ether oxygens (including phenoxy) is 2. The van der Waals surface area contributed by atoms with Crippen molar-refractivity contribution in [2.75, 3.05) is 6.67 Å². The Labute approximate surface area is 63.1 Å². The zero-order valence-electron chi connectivity index (χ0n) is 5.40. The molecule has 0 unspecified atom stereocenters. The lowest BCUT2D eigenvalue weighted by atomic mass is 10.7. The number of hydrogen-bond donors (Lipinski definition) is 0. The molecular formula is C4H3F5O3. The molecular weight excluding hydrogens is 191 g/mol. The molecule has 0 saturated heterocycles. The van der Waals surface area contributed by atoms with Gasteiger partial charge in [0, 0.05) is 0 Å². The molecule has 0 radical (unpaired) electrons. The van der Waals surface area contributed by atoms with Crippen molar-refractivity contribution in [3.8, 4) is 0 Å². The molecule has 0 atom stereocenters. The number of alkyl halides is 5. The van der Waals surface area contributed by atoms with Crippen molar-refractivity contribution in [3.63, 3.8) is 0 Å². The van der Waals surface area contributed by atoms with Gasteiger partial charge in [-0.05, 0) is 0 Å². The summed E-state index contributed by atoms with van der Waals surface area (Å²) in [7, 11) is 0. The molecule has 0 aliphatic carbocycles. The standard InChI is InChI=1S/C4H3F5O3/c5-1-4(8,9)12-3(10)11-2(6)7/h2H,1H2. The molecule has 0 aliphatic rings. The third kappa shape index (κ3) is 4.69. The van der Waals surface area contributed by atoms with Crippen LogP contribution in [0.1, 0.15) is 0 Å². The van der Waals surface area contributed by atoms with E-state index in [4.69, 9.17) is 0 Å². The number of halogens is 5. The van der Waals surface area contributed by atoms with Crippen molar-refractivity contribution in [1.29, 1.82) is 0 Å². The van der Waals surface area contributed by atoms with Crippen LogP contribution in [0.2, 0.25) is 0 Å². The van der Waals surface area contributed by atoms with Gasteiger partial charge in [-0.25, -0.2) is 9.18 Å². The second-order valence-corrected chi connectivity index (χ2v) is 1.50. The molecule has 72 valence electrons. The second kappa shape index (κ2) is 4.07. The summed E-state index contributed by atoms with van der Waals surface area (Å²) in [5.74, 6) is 0. The number of carbonyl (C=O) groups excluding carboxylic acids is 1. The van der Waals surface area contributed by atoms with Crippen molar-refractivity contribution in [1.82, 2.24) is 0 Å². The van der Waals surface area contributed by atoms with E-state index in [2.05, 4.69) is 9.47 Å². The molecule has 0 fully saturated rings. The van der Waals surface area contributed by atoms with E-state index in [0.717, 1.165) is 0 Å². The van der Waals surface area contributed by atoms with Crippen LogP contribution in [0.15, 0.2) is 0 Å². The molecule has 0 aromatic carbocycles. The van der Waals surface area contributed by atoms with Crippen LogP contribution in [0.4, 0.5) is 26.7 Å². The fourth-order valence-corrected chi connectivity index (χ4v) is 0.246. The second-order valence-electron chi connectivity index (χ2n) is 1.50. The average Bonchev–Trinajstić information content (AvgIpc) is 1.84. The minimum Gasteiger partial charge on any atom is -0.370 e. The lowest BCUT2D eigenvalue weighted by Crippen LogP contribution is -2.28. The highest BCUT2D eigenvalue weighted by molar-refractivity contribution is 5.60. The van der Waals surface area contributed by atoms with Gasteiger partial charge in [-0.15, -0.1) is 0 Å². The molecule has 0 aromatic rings. The first-order valence-corrected chi connectivity index (χ1v) is 2.49. The van der Waals surface area contributed by atoms with Gasteiger partial charge < -0.3 is 9.47 Å². The molecule has 0 aliphatic heterocycles. The number of rotatable bonds is 3. The van der Waals surface area contributed by atoms with Crippen LogP contribution in [0.5, 0.6) is 0 Å². The van der Waals surface area contributed by atoms with E-state index < -0.39 is 25.6 Å². The summed E-state index contributed by atoms with van der Waals surface area (Å²) in [6.07, 6.45) is -6.75. The molecule has 12 heavy (non-hydrogen) atoms. The van der Waals surface area contributed by atoms with Crippen LogP contribution in [-0.2, 0) is 9.47 Å². The molecule has 0 rings (SSSR count).